The summed E-state index contributed by atoms with van der Waals surface area (Å²) in [7, 11) is 1.78. The van der Waals surface area contributed by atoms with Crippen LogP contribution in [0.1, 0.15) is 21.6 Å². The average molecular weight is 296 g/mol. The van der Waals surface area contributed by atoms with Crippen LogP contribution in [-0.2, 0) is 11.3 Å². The molecule has 0 radical (unpaired) electrons. The first kappa shape index (κ1) is 15.0. The van der Waals surface area contributed by atoms with Crippen LogP contribution in [0.15, 0.2) is 41.8 Å². The Hall–Kier alpha value is -2.38. The van der Waals surface area contributed by atoms with Crippen LogP contribution in [0.4, 0.5) is 0 Å². The van der Waals surface area contributed by atoms with Gasteiger partial charge in [0.15, 0.2) is 0 Å². The first-order valence-corrected chi connectivity index (χ1v) is 7.45. The van der Waals surface area contributed by atoms with Gasteiger partial charge in [0, 0.05) is 18.0 Å². The SMILES string of the molecule is Cc1ccsc1CN(C)C(=O)C=Cc1ccccc1C#N. The number of nitrogens with zero attached hydrogens (tertiary/aromatic N) is 2. The minimum Gasteiger partial charge on any atom is -0.337 e. The van der Waals surface area contributed by atoms with Gasteiger partial charge < -0.3 is 4.90 Å². The van der Waals surface area contributed by atoms with E-state index in [1.165, 1.54) is 16.5 Å². The predicted molar refractivity (Wildman–Crippen MR) is 85.7 cm³/mol. The van der Waals surface area contributed by atoms with E-state index >= 15 is 0 Å². The fourth-order valence-electron chi connectivity index (χ4n) is 1.89. The second kappa shape index (κ2) is 6.87. The molecule has 0 spiro atoms. The van der Waals surface area contributed by atoms with Gasteiger partial charge in [-0.05, 0) is 41.6 Å². The van der Waals surface area contributed by atoms with Crippen molar-refractivity contribution in [3.8, 4) is 6.07 Å². The molecule has 0 saturated heterocycles. The fraction of sp³-hybridized carbons (Fsp3) is 0.176. The first-order valence-electron chi connectivity index (χ1n) is 6.57. The normalized spacial score (nSPS) is 10.5. The maximum absolute atomic E-state index is 12.1. The number of aryl methyl sites for hydroxylation is 1. The van der Waals surface area contributed by atoms with Crippen molar-refractivity contribution in [2.45, 2.75) is 13.5 Å². The fourth-order valence-corrected chi connectivity index (χ4v) is 2.85. The van der Waals surface area contributed by atoms with Gasteiger partial charge in [-0.25, -0.2) is 0 Å². The summed E-state index contributed by atoms with van der Waals surface area (Å²) in [6.45, 7) is 2.65. The smallest absolute Gasteiger partial charge is 0.246 e. The molecule has 4 heteroatoms. The summed E-state index contributed by atoms with van der Waals surface area (Å²) in [6.07, 6.45) is 3.21. The lowest BCUT2D eigenvalue weighted by Crippen LogP contribution is -2.23. The molecule has 1 aromatic heterocycles. The quantitative estimate of drug-likeness (QED) is 0.809. The summed E-state index contributed by atoms with van der Waals surface area (Å²) in [5.41, 5.74) is 2.53. The van der Waals surface area contributed by atoms with Crippen LogP contribution < -0.4 is 0 Å². The minimum absolute atomic E-state index is 0.0736. The molecule has 0 N–H and O–H groups in total. The second-order valence-corrected chi connectivity index (χ2v) is 5.75. The number of hydrogen-bond donors (Lipinski definition) is 0. The van der Waals surface area contributed by atoms with Crippen LogP contribution in [0.2, 0.25) is 0 Å². The Morgan fingerprint density at radius 2 is 2.14 bits per heavy atom. The first-order chi connectivity index (χ1) is 10.1. The zero-order valence-electron chi connectivity index (χ0n) is 12.0. The summed E-state index contributed by atoms with van der Waals surface area (Å²) in [4.78, 5) is 15.0. The maximum Gasteiger partial charge on any atom is 0.246 e. The molecule has 0 saturated carbocycles. The van der Waals surface area contributed by atoms with Gasteiger partial charge in [0.2, 0.25) is 5.91 Å². The average Bonchev–Trinajstić information content (AvgIpc) is 2.90. The molecule has 2 aromatic rings. The van der Waals surface area contributed by atoms with E-state index < -0.39 is 0 Å². The third kappa shape index (κ3) is 3.80. The molecule has 0 aliphatic rings. The lowest BCUT2D eigenvalue weighted by molar-refractivity contribution is -0.125. The van der Waals surface area contributed by atoms with Crippen LogP contribution in [0.3, 0.4) is 0 Å². The standard InChI is InChI=1S/C17H16N2OS/c1-13-9-10-21-16(13)12-19(2)17(20)8-7-14-5-3-4-6-15(14)11-18/h3-10H,12H2,1-2H3. The minimum atomic E-state index is -0.0736. The Morgan fingerprint density at radius 3 is 2.81 bits per heavy atom. The Balaban J connectivity index is 2.05. The molecule has 21 heavy (non-hydrogen) atoms. The molecule has 3 nitrogen and oxygen atoms in total. The second-order valence-electron chi connectivity index (χ2n) is 4.75. The van der Waals surface area contributed by atoms with E-state index in [9.17, 15) is 4.79 Å². The Morgan fingerprint density at radius 1 is 1.38 bits per heavy atom. The van der Waals surface area contributed by atoms with Crippen LogP contribution in [0.5, 0.6) is 0 Å². The number of likely N-dealkylation sites (N-methyl/N-ethyl adjacent to an activating group) is 1. The van der Waals surface area contributed by atoms with Gasteiger partial charge in [-0.1, -0.05) is 18.2 Å². The molecular weight excluding hydrogens is 280 g/mol. The van der Waals surface area contributed by atoms with E-state index in [0.29, 0.717) is 12.1 Å². The van der Waals surface area contributed by atoms with E-state index in [4.69, 9.17) is 5.26 Å². The van der Waals surface area contributed by atoms with Gasteiger partial charge in [-0.2, -0.15) is 5.26 Å². The molecule has 0 atom stereocenters. The highest BCUT2D eigenvalue weighted by Gasteiger charge is 2.08. The lowest BCUT2D eigenvalue weighted by Gasteiger charge is -2.14. The number of benzene rings is 1. The summed E-state index contributed by atoms with van der Waals surface area (Å²) >= 11 is 1.65. The van der Waals surface area contributed by atoms with Crippen molar-refractivity contribution in [2.75, 3.05) is 7.05 Å². The molecular formula is C17H16N2OS. The van der Waals surface area contributed by atoms with E-state index in [0.717, 1.165) is 5.56 Å². The van der Waals surface area contributed by atoms with E-state index in [1.807, 2.05) is 30.5 Å². The highest BCUT2D eigenvalue weighted by Crippen LogP contribution is 2.17. The van der Waals surface area contributed by atoms with Crippen molar-refractivity contribution in [3.05, 3.63) is 63.4 Å². The van der Waals surface area contributed by atoms with Crippen LogP contribution >= 0.6 is 11.3 Å². The van der Waals surface area contributed by atoms with Crippen molar-refractivity contribution in [3.63, 3.8) is 0 Å². The molecule has 1 amide bonds. The molecule has 0 fully saturated rings. The third-order valence-corrected chi connectivity index (χ3v) is 4.22. The number of carbonyl (C=O) groups excluding carboxylic acids is 1. The maximum atomic E-state index is 12.1. The van der Waals surface area contributed by atoms with Crippen molar-refractivity contribution in [2.24, 2.45) is 0 Å². The Kier molecular flexibility index (Phi) is 4.91. The van der Waals surface area contributed by atoms with Crippen molar-refractivity contribution in [1.82, 2.24) is 4.90 Å². The largest absolute Gasteiger partial charge is 0.337 e. The molecule has 0 aliphatic carbocycles. The van der Waals surface area contributed by atoms with Crippen LogP contribution in [0.25, 0.3) is 6.08 Å². The van der Waals surface area contributed by atoms with Gasteiger partial charge in [0.25, 0.3) is 0 Å². The van der Waals surface area contributed by atoms with Gasteiger partial charge >= 0.3 is 0 Å². The van der Waals surface area contributed by atoms with E-state index in [-0.39, 0.29) is 5.91 Å². The number of thiophene rings is 1. The van der Waals surface area contributed by atoms with Crippen molar-refractivity contribution < 1.29 is 4.79 Å². The molecule has 1 heterocycles. The van der Waals surface area contributed by atoms with Gasteiger partial charge in [-0.3, -0.25) is 4.79 Å². The predicted octanol–water partition coefficient (Wildman–Crippen LogP) is 3.60. The number of hydrogen-bond acceptors (Lipinski definition) is 3. The zero-order valence-corrected chi connectivity index (χ0v) is 12.9. The number of rotatable bonds is 4. The monoisotopic (exact) mass is 296 g/mol. The molecule has 0 unspecified atom stereocenters. The Labute approximate surface area is 128 Å². The van der Waals surface area contributed by atoms with Gasteiger partial charge in [0.05, 0.1) is 18.2 Å². The van der Waals surface area contributed by atoms with Crippen LogP contribution in [0, 0.1) is 18.3 Å². The highest BCUT2D eigenvalue weighted by atomic mass is 32.1. The molecule has 0 bridgehead atoms. The summed E-state index contributed by atoms with van der Waals surface area (Å²) < 4.78 is 0. The number of nitriles is 1. The van der Waals surface area contributed by atoms with Crippen molar-refractivity contribution >= 4 is 23.3 Å². The lowest BCUT2D eigenvalue weighted by atomic mass is 10.1. The highest BCUT2D eigenvalue weighted by molar-refractivity contribution is 7.10. The summed E-state index contributed by atoms with van der Waals surface area (Å²) in [5.74, 6) is -0.0736. The zero-order chi connectivity index (χ0) is 15.2. The molecule has 2 rings (SSSR count). The van der Waals surface area contributed by atoms with E-state index in [1.54, 1.807) is 35.4 Å². The number of carbonyl (C=O) groups is 1. The van der Waals surface area contributed by atoms with Crippen LogP contribution in [-0.4, -0.2) is 17.9 Å². The number of amides is 1. The molecule has 1 aromatic carbocycles. The van der Waals surface area contributed by atoms with Gasteiger partial charge in [0.1, 0.15) is 0 Å². The summed E-state index contributed by atoms with van der Waals surface area (Å²) in [6, 6.07) is 11.4. The van der Waals surface area contributed by atoms with Crippen molar-refractivity contribution in [1.29, 1.82) is 5.26 Å². The van der Waals surface area contributed by atoms with E-state index in [2.05, 4.69) is 12.1 Å². The Bertz CT molecular complexity index is 710. The van der Waals surface area contributed by atoms with Gasteiger partial charge in [-0.15, -0.1) is 11.3 Å². The molecule has 0 aliphatic heterocycles. The third-order valence-electron chi connectivity index (χ3n) is 3.21. The molecule has 106 valence electrons. The summed E-state index contributed by atoms with van der Waals surface area (Å²) in [5, 5.41) is 11.0. The topological polar surface area (TPSA) is 44.1 Å².